The first-order valence-corrected chi connectivity index (χ1v) is 8.86. The highest BCUT2D eigenvalue weighted by molar-refractivity contribution is 6.30. The topological polar surface area (TPSA) is 73.9 Å². The Labute approximate surface area is 162 Å². The number of urea groups is 1. The Kier molecular flexibility index (Phi) is 5.83. The highest BCUT2D eigenvalue weighted by atomic mass is 35.5. The molecule has 27 heavy (non-hydrogen) atoms. The van der Waals surface area contributed by atoms with Crippen LogP contribution >= 0.6 is 11.6 Å². The van der Waals surface area contributed by atoms with Gasteiger partial charge >= 0.3 is 6.03 Å². The molecule has 0 fully saturated rings. The van der Waals surface area contributed by atoms with Crippen LogP contribution in [0.5, 0.6) is 5.75 Å². The summed E-state index contributed by atoms with van der Waals surface area (Å²) in [5.41, 5.74) is 1.84. The number of hydrogen-bond donors (Lipinski definition) is 2. The average Bonchev–Trinajstić information content (AvgIpc) is 2.62. The monoisotopic (exact) mass is 388 g/mol. The van der Waals surface area contributed by atoms with Crippen LogP contribution in [0.1, 0.15) is 0 Å². The van der Waals surface area contributed by atoms with Gasteiger partial charge in [0.15, 0.2) is 6.61 Å². The molecule has 2 N–H and O–H groups in total. The second kappa shape index (κ2) is 8.28. The van der Waals surface area contributed by atoms with Gasteiger partial charge in [-0.3, -0.25) is 4.79 Å². The van der Waals surface area contributed by atoms with E-state index in [2.05, 4.69) is 10.6 Å². The number of carbonyl (C=O) groups excluding carboxylic acids is 2. The van der Waals surface area contributed by atoms with Gasteiger partial charge in [0.1, 0.15) is 5.75 Å². The van der Waals surface area contributed by atoms with E-state index in [1.165, 1.54) is 0 Å². The van der Waals surface area contributed by atoms with Gasteiger partial charge in [0.25, 0.3) is 5.91 Å². The molecule has 2 aromatic carbocycles. The van der Waals surface area contributed by atoms with E-state index in [1.54, 1.807) is 47.4 Å². The number of amides is 3. The SMILES string of the molecule is CN(C)CCN1C(=O)COc2ccc(NC(=O)Nc3ccc(Cl)cc3)cc21. The first-order chi connectivity index (χ1) is 12.9. The Morgan fingerprint density at radius 2 is 1.81 bits per heavy atom. The largest absolute Gasteiger partial charge is 0.482 e. The van der Waals surface area contributed by atoms with Crippen LogP contribution in [-0.4, -0.2) is 50.6 Å². The quantitative estimate of drug-likeness (QED) is 0.824. The molecule has 0 aromatic heterocycles. The Bertz CT molecular complexity index is 839. The van der Waals surface area contributed by atoms with Crippen LogP contribution < -0.4 is 20.3 Å². The highest BCUT2D eigenvalue weighted by Crippen LogP contribution is 2.34. The maximum atomic E-state index is 12.2. The van der Waals surface area contributed by atoms with Gasteiger partial charge in [-0.1, -0.05) is 11.6 Å². The third kappa shape index (κ3) is 4.90. The highest BCUT2D eigenvalue weighted by Gasteiger charge is 2.25. The van der Waals surface area contributed by atoms with Gasteiger partial charge in [-0.15, -0.1) is 0 Å². The number of ether oxygens (including phenoxy) is 1. The van der Waals surface area contributed by atoms with Crippen molar-refractivity contribution in [2.45, 2.75) is 0 Å². The number of carbonyl (C=O) groups is 2. The molecule has 0 saturated heterocycles. The standard InChI is InChI=1S/C19H21ClN4O3/c1-23(2)9-10-24-16-11-15(7-8-17(16)27-12-18(24)25)22-19(26)21-14-5-3-13(20)4-6-14/h3-8,11H,9-10,12H2,1-2H3,(H2,21,22,26). The summed E-state index contributed by atoms with van der Waals surface area (Å²) in [6.07, 6.45) is 0. The molecule has 1 aliphatic heterocycles. The van der Waals surface area contributed by atoms with Crippen molar-refractivity contribution >= 4 is 40.6 Å². The van der Waals surface area contributed by atoms with Crippen molar-refractivity contribution in [1.29, 1.82) is 0 Å². The second-order valence-electron chi connectivity index (χ2n) is 6.41. The number of likely N-dealkylation sites (N-methyl/N-ethyl adjacent to an activating group) is 1. The Balaban J connectivity index is 1.72. The minimum absolute atomic E-state index is 0.0181. The summed E-state index contributed by atoms with van der Waals surface area (Å²) in [5.74, 6) is 0.518. The van der Waals surface area contributed by atoms with Crippen molar-refractivity contribution in [3.8, 4) is 5.75 Å². The minimum Gasteiger partial charge on any atom is -0.482 e. The second-order valence-corrected chi connectivity index (χ2v) is 6.84. The fourth-order valence-corrected chi connectivity index (χ4v) is 2.78. The zero-order valence-corrected chi connectivity index (χ0v) is 15.9. The molecule has 0 aliphatic carbocycles. The summed E-state index contributed by atoms with van der Waals surface area (Å²) in [5, 5.41) is 6.09. The number of hydrogen-bond acceptors (Lipinski definition) is 4. The Morgan fingerprint density at radius 3 is 2.52 bits per heavy atom. The van der Waals surface area contributed by atoms with E-state index in [9.17, 15) is 9.59 Å². The third-order valence-electron chi connectivity index (χ3n) is 4.03. The lowest BCUT2D eigenvalue weighted by Gasteiger charge is -2.30. The minimum atomic E-state index is -0.389. The first-order valence-electron chi connectivity index (χ1n) is 8.48. The van der Waals surface area contributed by atoms with Gasteiger partial charge in [-0.25, -0.2) is 4.79 Å². The Morgan fingerprint density at radius 1 is 1.15 bits per heavy atom. The van der Waals surface area contributed by atoms with E-state index in [0.29, 0.717) is 34.4 Å². The molecule has 8 heteroatoms. The smallest absolute Gasteiger partial charge is 0.323 e. The molecule has 3 rings (SSSR count). The fraction of sp³-hybridized carbons (Fsp3) is 0.263. The molecule has 142 valence electrons. The number of nitrogens with one attached hydrogen (secondary N) is 2. The van der Waals surface area contributed by atoms with Crippen LogP contribution in [0.3, 0.4) is 0 Å². The lowest BCUT2D eigenvalue weighted by Crippen LogP contribution is -2.42. The summed E-state index contributed by atoms with van der Waals surface area (Å²) in [6, 6.07) is 11.7. The molecular weight excluding hydrogens is 368 g/mol. The van der Waals surface area contributed by atoms with Crippen molar-refractivity contribution in [3.63, 3.8) is 0 Å². The Hall–Kier alpha value is -2.77. The molecule has 7 nitrogen and oxygen atoms in total. The van der Waals surface area contributed by atoms with Gasteiger partial charge in [0, 0.05) is 29.5 Å². The van der Waals surface area contributed by atoms with Crippen molar-refractivity contribution < 1.29 is 14.3 Å². The zero-order chi connectivity index (χ0) is 19.4. The normalized spacial score (nSPS) is 13.2. The van der Waals surface area contributed by atoms with Crippen molar-refractivity contribution in [3.05, 3.63) is 47.5 Å². The maximum Gasteiger partial charge on any atom is 0.323 e. The molecule has 0 unspecified atom stereocenters. The van der Waals surface area contributed by atoms with Crippen molar-refractivity contribution in [2.75, 3.05) is 49.3 Å². The average molecular weight is 389 g/mol. The van der Waals surface area contributed by atoms with Crippen LogP contribution in [0, 0.1) is 0 Å². The molecule has 2 aromatic rings. The molecule has 1 aliphatic rings. The van der Waals surface area contributed by atoms with E-state index in [0.717, 1.165) is 6.54 Å². The summed E-state index contributed by atoms with van der Waals surface area (Å²) in [6.45, 7) is 1.28. The fourth-order valence-electron chi connectivity index (χ4n) is 2.65. The van der Waals surface area contributed by atoms with Gasteiger partial charge in [0.05, 0.1) is 5.69 Å². The summed E-state index contributed by atoms with van der Waals surface area (Å²) in [7, 11) is 3.90. The predicted octanol–water partition coefficient (Wildman–Crippen LogP) is 3.27. The van der Waals surface area contributed by atoms with E-state index in [4.69, 9.17) is 16.3 Å². The lowest BCUT2D eigenvalue weighted by molar-refractivity contribution is -0.121. The van der Waals surface area contributed by atoms with E-state index >= 15 is 0 Å². The molecule has 1 heterocycles. The predicted molar refractivity (Wildman–Crippen MR) is 107 cm³/mol. The summed E-state index contributed by atoms with van der Waals surface area (Å²) < 4.78 is 5.49. The first kappa shape index (κ1) is 19.0. The molecule has 3 amide bonds. The molecule has 0 radical (unpaired) electrons. The molecule has 0 atom stereocenters. The van der Waals surface area contributed by atoms with Gasteiger partial charge in [-0.05, 0) is 56.6 Å². The van der Waals surface area contributed by atoms with Gasteiger partial charge < -0.3 is 25.2 Å². The summed E-state index contributed by atoms with van der Waals surface area (Å²) in [4.78, 5) is 28.2. The third-order valence-corrected chi connectivity index (χ3v) is 4.28. The van der Waals surface area contributed by atoms with E-state index in [1.807, 2.05) is 19.0 Å². The van der Waals surface area contributed by atoms with E-state index < -0.39 is 0 Å². The van der Waals surface area contributed by atoms with Crippen molar-refractivity contribution in [1.82, 2.24) is 4.90 Å². The summed E-state index contributed by atoms with van der Waals surface area (Å²) >= 11 is 5.84. The number of nitrogens with zero attached hydrogens (tertiary/aromatic N) is 2. The lowest BCUT2D eigenvalue weighted by atomic mass is 10.2. The number of anilines is 3. The number of rotatable bonds is 5. The van der Waals surface area contributed by atoms with Crippen LogP contribution in [0.25, 0.3) is 0 Å². The maximum absolute atomic E-state index is 12.2. The van der Waals surface area contributed by atoms with Crippen LogP contribution in [-0.2, 0) is 4.79 Å². The number of halogens is 1. The van der Waals surface area contributed by atoms with Crippen LogP contribution in [0.2, 0.25) is 5.02 Å². The molecule has 0 saturated carbocycles. The van der Waals surface area contributed by atoms with E-state index in [-0.39, 0.29) is 18.5 Å². The van der Waals surface area contributed by atoms with Gasteiger partial charge in [-0.2, -0.15) is 0 Å². The molecule has 0 spiro atoms. The van der Waals surface area contributed by atoms with Crippen LogP contribution in [0.15, 0.2) is 42.5 Å². The van der Waals surface area contributed by atoms with Gasteiger partial charge in [0.2, 0.25) is 0 Å². The molecule has 0 bridgehead atoms. The number of fused-ring (bicyclic) bond motifs is 1. The number of benzene rings is 2. The van der Waals surface area contributed by atoms with Crippen molar-refractivity contribution in [2.24, 2.45) is 0 Å². The van der Waals surface area contributed by atoms with Crippen LogP contribution in [0.4, 0.5) is 21.9 Å². The molecular formula is C19H21ClN4O3. The zero-order valence-electron chi connectivity index (χ0n) is 15.2.